The van der Waals surface area contributed by atoms with Gasteiger partial charge in [0.2, 0.25) is 0 Å². The van der Waals surface area contributed by atoms with Crippen molar-refractivity contribution < 1.29 is 9.53 Å². The molecule has 36 heavy (non-hydrogen) atoms. The number of rotatable bonds is 2. The first-order valence-electron chi connectivity index (χ1n) is 12.3. The van der Waals surface area contributed by atoms with E-state index in [1.165, 1.54) is 0 Å². The maximum absolute atomic E-state index is 13.5. The predicted molar refractivity (Wildman–Crippen MR) is 143 cm³/mol. The van der Waals surface area contributed by atoms with Crippen LogP contribution in [0.3, 0.4) is 0 Å². The number of halogens is 1. The number of nitrogens with zero attached hydrogens (tertiary/aromatic N) is 4. The van der Waals surface area contributed by atoms with Crippen LogP contribution in [-0.2, 0) is 6.54 Å². The highest BCUT2D eigenvalue weighted by molar-refractivity contribution is 6.30. The summed E-state index contributed by atoms with van der Waals surface area (Å²) in [5, 5.41) is 0.730. The van der Waals surface area contributed by atoms with E-state index < -0.39 is 0 Å². The molecule has 0 aliphatic carbocycles. The molecule has 4 aromatic rings. The van der Waals surface area contributed by atoms with Gasteiger partial charge in [0.05, 0.1) is 24.1 Å². The number of hydrogen-bond donors (Lipinski definition) is 1. The maximum Gasteiger partial charge on any atom is 0.320 e. The van der Waals surface area contributed by atoms with Crippen LogP contribution in [0.5, 0.6) is 5.75 Å². The van der Waals surface area contributed by atoms with E-state index >= 15 is 0 Å². The first kappa shape index (κ1) is 22.7. The Kier molecular flexibility index (Phi) is 5.93. The number of urea groups is 1. The highest BCUT2D eigenvalue weighted by atomic mass is 35.5. The SMILES string of the molecule is Cc1nc2ccc(-c3ccc4c(c3)CN(C(=O)N3CCN(c5cccc(Cl)c5)CC3)CCO4)cc2[nH]1. The Morgan fingerprint density at radius 2 is 1.75 bits per heavy atom. The molecule has 0 bridgehead atoms. The predicted octanol–water partition coefficient (Wildman–Crippen LogP) is 5.33. The summed E-state index contributed by atoms with van der Waals surface area (Å²) in [5.41, 5.74) is 6.30. The van der Waals surface area contributed by atoms with Crippen LogP contribution in [0, 0.1) is 6.92 Å². The molecule has 1 N–H and O–H groups in total. The average Bonchev–Trinajstić information content (AvgIpc) is 3.14. The Balaban J connectivity index is 1.17. The molecule has 2 aliphatic rings. The number of aromatic nitrogens is 2. The van der Waals surface area contributed by atoms with E-state index in [0.29, 0.717) is 32.8 Å². The fraction of sp³-hybridized carbons (Fsp3) is 0.286. The quantitative estimate of drug-likeness (QED) is 0.403. The van der Waals surface area contributed by atoms with Crippen molar-refractivity contribution in [1.29, 1.82) is 0 Å². The number of fused-ring (bicyclic) bond motifs is 2. The van der Waals surface area contributed by atoms with Gasteiger partial charge < -0.3 is 24.4 Å². The van der Waals surface area contributed by atoms with Gasteiger partial charge in [-0.3, -0.25) is 0 Å². The molecule has 2 amide bonds. The molecule has 0 saturated carbocycles. The van der Waals surface area contributed by atoms with Crippen molar-refractivity contribution in [2.75, 3.05) is 44.2 Å². The molecular weight excluding hydrogens is 474 g/mol. The van der Waals surface area contributed by atoms with Gasteiger partial charge in [0.15, 0.2) is 0 Å². The summed E-state index contributed by atoms with van der Waals surface area (Å²) in [6.07, 6.45) is 0. The zero-order chi connectivity index (χ0) is 24.6. The highest BCUT2D eigenvalue weighted by Crippen LogP contribution is 2.31. The van der Waals surface area contributed by atoms with Gasteiger partial charge in [0, 0.05) is 42.5 Å². The summed E-state index contributed by atoms with van der Waals surface area (Å²) in [7, 11) is 0. The third-order valence-electron chi connectivity index (χ3n) is 6.97. The Labute approximate surface area is 215 Å². The monoisotopic (exact) mass is 501 g/mol. The molecule has 0 spiro atoms. The number of imidazole rings is 1. The maximum atomic E-state index is 13.5. The van der Waals surface area contributed by atoms with Gasteiger partial charge in [-0.25, -0.2) is 9.78 Å². The third-order valence-corrected chi connectivity index (χ3v) is 7.20. The topological polar surface area (TPSA) is 64.7 Å². The van der Waals surface area contributed by atoms with Crippen LogP contribution < -0.4 is 9.64 Å². The molecular formula is C28H28ClN5O2. The third kappa shape index (κ3) is 4.46. The number of anilines is 1. The van der Waals surface area contributed by atoms with Crippen LogP contribution in [0.4, 0.5) is 10.5 Å². The second-order valence-electron chi connectivity index (χ2n) is 9.38. The summed E-state index contributed by atoms with van der Waals surface area (Å²) in [5.74, 6) is 1.75. The van der Waals surface area contributed by atoms with E-state index in [4.69, 9.17) is 16.3 Å². The minimum Gasteiger partial charge on any atom is -0.491 e. The number of aryl methyl sites for hydroxylation is 1. The van der Waals surface area contributed by atoms with Crippen molar-refractivity contribution in [2.24, 2.45) is 0 Å². The fourth-order valence-corrected chi connectivity index (χ4v) is 5.27. The van der Waals surface area contributed by atoms with Crippen molar-refractivity contribution >= 4 is 34.4 Å². The molecule has 8 heteroatoms. The first-order chi connectivity index (χ1) is 17.5. The molecule has 0 unspecified atom stereocenters. The van der Waals surface area contributed by atoms with Crippen molar-refractivity contribution in [3.8, 4) is 16.9 Å². The average molecular weight is 502 g/mol. The van der Waals surface area contributed by atoms with Crippen molar-refractivity contribution in [3.63, 3.8) is 0 Å². The second-order valence-corrected chi connectivity index (χ2v) is 9.82. The summed E-state index contributed by atoms with van der Waals surface area (Å²) in [6.45, 7) is 6.47. The lowest BCUT2D eigenvalue weighted by Gasteiger charge is -2.38. The van der Waals surface area contributed by atoms with E-state index in [2.05, 4.69) is 45.2 Å². The lowest BCUT2D eigenvalue weighted by atomic mass is 10.0. The van der Waals surface area contributed by atoms with Gasteiger partial charge in [0.1, 0.15) is 18.2 Å². The van der Waals surface area contributed by atoms with Crippen LogP contribution in [-0.4, -0.2) is 65.1 Å². The highest BCUT2D eigenvalue weighted by Gasteiger charge is 2.27. The van der Waals surface area contributed by atoms with Crippen LogP contribution in [0.1, 0.15) is 11.4 Å². The lowest BCUT2D eigenvalue weighted by molar-refractivity contribution is 0.143. The van der Waals surface area contributed by atoms with Gasteiger partial charge in [-0.05, 0) is 60.5 Å². The van der Waals surface area contributed by atoms with Crippen LogP contribution >= 0.6 is 11.6 Å². The lowest BCUT2D eigenvalue weighted by Crippen LogP contribution is -2.53. The smallest absolute Gasteiger partial charge is 0.320 e. The molecule has 3 aromatic carbocycles. The molecule has 0 atom stereocenters. The van der Waals surface area contributed by atoms with E-state index in [1.54, 1.807) is 0 Å². The van der Waals surface area contributed by atoms with E-state index in [0.717, 1.165) is 63.1 Å². The summed E-state index contributed by atoms with van der Waals surface area (Å²) in [4.78, 5) is 27.4. The van der Waals surface area contributed by atoms with E-state index in [-0.39, 0.29) is 6.03 Å². The largest absolute Gasteiger partial charge is 0.491 e. The minimum atomic E-state index is 0.0666. The number of amides is 2. The van der Waals surface area contributed by atoms with Crippen molar-refractivity contribution in [1.82, 2.24) is 19.8 Å². The van der Waals surface area contributed by atoms with Gasteiger partial charge in [0.25, 0.3) is 0 Å². The van der Waals surface area contributed by atoms with Gasteiger partial charge in [-0.2, -0.15) is 0 Å². The number of benzene rings is 3. The molecule has 1 fully saturated rings. The minimum absolute atomic E-state index is 0.0666. The molecule has 1 saturated heterocycles. The number of carbonyl (C=O) groups is 1. The number of piperazine rings is 1. The zero-order valence-electron chi connectivity index (χ0n) is 20.2. The second kappa shape index (κ2) is 9.39. The number of hydrogen-bond acceptors (Lipinski definition) is 4. The number of carbonyl (C=O) groups excluding carboxylic acids is 1. The Morgan fingerprint density at radius 3 is 2.58 bits per heavy atom. The Morgan fingerprint density at radius 1 is 0.944 bits per heavy atom. The van der Waals surface area contributed by atoms with Gasteiger partial charge in [-0.15, -0.1) is 0 Å². The molecule has 6 rings (SSSR count). The normalized spacial score (nSPS) is 16.0. The Hall–Kier alpha value is -3.71. The molecule has 2 aliphatic heterocycles. The van der Waals surface area contributed by atoms with Crippen LogP contribution in [0.25, 0.3) is 22.2 Å². The molecule has 3 heterocycles. The van der Waals surface area contributed by atoms with Crippen LogP contribution in [0.2, 0.25) is 5.02 Å². The number of aromatic amines is 1. The van der Waals surface area contributed by atoms with Crippen molar-refractivity contribution in [2.45, 2.75) is 13.5 Å². The molecule has 0 radical (unpaired) electrons. The first-order valence-corrected chi connectivity index (χ1v) is 12.7. The van der Waals surface area contributed by atoms with E-state index in [1.807, 2.05) is 47.1 Å². The zero-order valence-corrected chi connectivity index (χ0v) is 21.0. The summed E-state index contributed by atoms with van der Waals surface area (Å²) >= 11 is 6.16. The molecule has 184 valence electrons. The summed E-state index contributed by atoms with van der Waals surface area (Å²) in [6, 6.07) is 20.4. The number of H-pyrrole nitrogens is 1. The summed E-state index contributed by atoms with van der Waals surface area (Å²) < 4.78 is 6.02. The number of nitrogens with one attached hydrogen (secondary N) is 1. The van der Waals surface area contributed by atoms with Gasteiger partial charge in [-0.1, -0.05) is 29.8 Å². The fourth-order valence-electron chi connectivity index (χ4n) is 5.08. The van der Waals surface area contributed by atoms with Gasteiger partial charge >= 0.3 is 6.03 Å². The van der Waals surface area contributed by atoms with Crippen LogP contribution in [0.15, 0.2) is 60.7 Å². The van der Waals surface area contributed by atoms with E-state index in [9.17, 15) is 4.79 Å². The number of ether oxygens (including phenoxy) is 1. The molecule has 1 aromatic heterocycles. The standard InChI is InChI=1S/C28H28ClN5O2/c1-19-30-25-7-5-21(16-26(25)31-19)20-6-8-27-22(15-20)18-34(13-14-36-27)28(35)33-11-9-32(10-12-33)24-4-2-3-23(29)17-24/h2-8,15-17H,9-14,18H2,1H3,(H,30,31). The van der Waals surface area contributed by atoms with Crippen molar-refractivity contribution in [3.05, 3.63) is 77.1 Å². The molecule has 7 nitrogen and oxygen atoms in total. The Bertz CT molecular complexity index is 1430.